The minimum Gasteiger partial charge on any atom is -0.268 e. The zero-order chi connectivity index (χ0) is 13.3. The number of fused-ring (bicyclic) bond motifs is 1. The molecule has 0 aromatic heterocycles. The van der Waals surface area contributed by atoms with Gasteiger partial charge in [0, 0.05) is 18.7 Å². The first-order chi connectivity index (χ1) is 8.56. The zero-order valence-electron chi connectivity index (χ0n) is 9.79. The zero-order valence-corrected chi connectivity index (χ0v) is 10.6. The average molecular weight is 268 g/mol. The van der Waals surface area contributed by atoms with Gasteiger partial charge in [-0.05, 0) is 12.5 Å². The fraction of sp³-hybridized carbons (Fsp3) is 0.364. The van der Waals surface area contributed by atoms with Crippen LogP contribution in [0.15, 0.2) is 23.1 Å². The molecule has 1 aromatic carbocycles. The minimum absolute atomic E-state index is 0.146. The predicted molar refractivity (Wildman–Crippen MR) is 65.4 cm³/mol. The number of carbonyl (C=O) groups is 1. The number of non-ortho nitro benzene ring substituents is 1. The van der Waals surface area contributed by atoms with Crippen molar-refractivity contribution < 1.29 is 13.9 Å². The van der Waals surface area contributed by atoms with Crippen LogP contribution in [0, 0.1) is 10.1 Å². The van der Waals surface area contributed by atoms with Crippen molar-refractivity contribution in [2.75, 3.05) is 6.54 Å². The van der Waals surface area contributed by atoms with E-state index in [1.807, 2.05) is 6.92 Å². The molecule has 0 aliphatic carbocycles. The number of nitro groups is 1. The molecule has 96 valence electrons. The maximum Gasteiger partial charge on any atom is 0.270 e. The number of rotatable bonds is 4. The van der Waals surface area contributed by atoms with Gasteiger partial charge in [0.1, 0.15) is 0 Å². The van der Waals surface area contributed by atoms with Gasteiger partial charge < -0.3 is 0 Å². The lowest BCUT2D eigenvalue weighted by molar-refractivity contribution is -0.385. The van der Waals surface area contributed by atoms with Crippen molar-refractivity contribution in [3.63, 3.8) is 0 Å². The maximum absolute atomic E-state index is 12.1. The molecule has 1 heterocycles. The third-order valence-corrected chi connectivity index (χ3v) is 4.20. The molecule has 7 heteroatoms. The molecule has 1 aliphatic rings. The van der Waals surface area contributed by atoms with Crippen LogP contribution in [0.4, 0.5) is 5.69 Å². The van der Waals surface area contributed by atoms with Crippen LogP contribution in [0.3, 0.4) is 0 Å². The van der Waals surface area contributed by atoms with Gasteiger partial charge in [0.05, 0.1) is 15.4 Å². The van der Waals surface area contributed by atoms with Crippen molar-refractivity contribution >= 4 is 22.6 Å². The number of carbonyl (C=O) groups excluding carboxylic acids is 1. The molecular weight excluding hydrogens is 256 g/mol. The van der Waals surface area contributed by atoms with Crippen LogP contribution < -0.4 is 0 Å². The second-order valence-corrected chi connectivity index (χ2v) is 5.33. The highest BCUT2D eigenvalue weighted by Crippen LogP contribution is 2.30. The first kappa shape index (κ1) is 12.7. The molecule has 0 saturated carbocycles. The van der Waals surface area contributed by atoms with Gasteiger partial charge in [-0.1, -0.05) is 13.3 Å². The number of benzene rings is 1. The summed E-state index contributed by atoms with van der Waals surface area (Å²) in [6.07, 6.45) is 1.64. The molecule has 1 atom stereocenters. The highest BCUT2D eigenvalue weighted by Gasteiger charge is 2.35. The van der Waals surface area contributed by atoms with E-state index in [1.54, 1.807) is 0 Å². The molecule has 0 saturated heterocycles. The van der Waals surface area contributed by atoms with Crippen LogP contribution in [0.1, 0.15) is 30.1 Å². The standard InChI is InChI=1S/C11H12N2O4S/c1-2-3-6-12-11(14)9-5-4-8(13(15)16)7-10(9)18(12)17/h4-5,7H,2-3,6H2,1H3. The summed E-state index contributed by atoms with van der Waals surface area (Å²) in [5.41, 5.74) is 0.155. The summed E-state index contributed by atoms with van der Waals surface area (Å²) in [4.78, 5) is 22.3. The summed E-state index contributed by atoms with van der Waals surface area (Å²) < 4.78 is 13.3. The van der Waals surface area contributed by atoms with Crippen molar-refractivity contribution in [1.82, 2.24) is 4.31 Å². The van der Waals surface area contributed by atoms with Gasteiger partial charge in [0.15, 0.2) is 11.0 Å². The lowest BCUT2D eigenvalue weighted by atomic mass is 10.2. The van der Waals surface area contributed by atoms with Gasteiger partial charge in [-0.25, -0.2) is 4.21 Å². The van der Waals surface area contributed by atoms with E-state index in [9.17, 15) is 19.1 Å². The third-order valence-electron chi connectivity index (χ3n) is 2.74. The van der Waals surface area contributed by atoms with Crippen LogP contribution in [-0.4, -0.2) is 25.9 Å². The normalized spacial score (nSPS) is 17.9. The number of unbranched alkanes of at least 4 members (excludes halogenated alkanes) is 1. The van der Waals surface area contributed by atoms with Gasteiger partial charge in [0.2, 0.25) is 0 Å². The smallest absolute Gasteiger partial charge is 0.268 e. The van der Waals surface area contributed by atoms with Crippen LogP contribution in [0.2, 0.25) is 0 Å². The molecule has 0 fully saturated rings. The van der Waals surface area contributed by atoms with Crippen molar-refractivity contribution in [1.29, 1.82) is 0 Å². The Bertz CT molecular complexity index is 544. The summed E-state index contributed by atoms with van der Waals surface area (Å²) in [5.74, 6) is -0.313. The monoisotopic (exact) mass is 268 g/mol. The second kappa shape index (κ2) is 4.85. The largest absolute Gasteiger partial charge is 0.270 e. The Hall–Kier alpha value is -1.76. The van der Waals surface area contributed by atoms with E-state index in [4.69, 9.17) is 0 Å². The fourth-order valence-electron chi connectivity index (χ4n) is 1.76. The average Bonchev–Trinajstić information content (AvgIpc) is 2.59. The Labute approximate surface area is 106 Å². The van der Waals surface area contributed by atoms with Gasteiger partial charge in [-0.2, -0.15) is 0 Å². The number of nitrogens with zero attached hydrogens (tertiary/aromatic N) is 2. The lowest BCUT2D eigenvalue weighted by Crippen LogP contribution is -2.27. The van der Waals surface area contributed by atoms with Gasteiger partial charge in [-0.3, -0.25) is 19.2 Å². The number of hydrogen-bond donors (Lipinski definition) is 0. The van der Waals surface area contributed by atoms with Crippen LogP contribution >= 0.6 is 0 Å². The van der Waals surface area contributed by atoms with Gasteiger partial charge in [0.25, 0.3) is 11.6 Å². The van der Waals surface area contributed by atoms with Crippen LogP contribution in [0.5, 0.6) is 0 Å². The predicted octanol–water partition coefficient (Wildman–Crippen LogP) is 1.87. The number of nitro benzene ring substituents is 1. The van der Waals surface area contributed by atoms with E-state index in [0.29, 0.717) is 12.1 Å². The summed E-state index contributed by atoms with van der Waals surface area (Å²) >= 11 is 0. The second-order valence-electron chi connectivity index (χ2n) is 3.95. The quantitative estimate of drug-likeness (QED) is 0.616. The van der Waals surface area contributed by atoms with Gasteiger partial charge >= 0.3 is 0 Å². The Morgan fingerprint density at radius 1 is 1.44 bits per heavy atom. The molecule has 2 rings (SSSR count). The molecule has 0 radical (unpaired) electrons. The molecule has 1 aromatic rings. The first-order valence-electron chi connectivity index (χ1n) is 5.58. The SMILES string of the molecule is CCCCN1C(=O)c2ccc([N+](=O)[O-])cc2S1=O. The third kappa shape index (κ3) is 2.01. The van der Waals surface area contributed by atoms with E-state index in [0.717, 1.165) is 12.8 Å². The topological polar surface area (TPSA) is 80.5 Å². The van der Waals surface area contributed by atoms with E-state index in [1.165, 1.54) is 22.5 Å². The van der Waals surface area contributed by atoms with Gasteiger partial charge in [-0.15, -0.1) is 0 Å². The minimum atomic E-state index is -1.61. The Morgan fingerprint density at radius 2 is 2.17 bits per heavy atom. The van der Waals surface area contributed by atoms with E-state index >= 15 is 0 Å². The van der Waals surface area contributed by atoms with E-state index < -0.39 is 15.9 Å². The molecule has 0 bridgehead atoms. The number of hydrogen-bond acceptors (Lipinski definition) is 4. The first-order valence-corrected chi connectivity index (χ1v) is 6.69. The number of amides is 1. The molecule has 1 unspecified atom stereocenters. The maximum atomic E-state index is 12.1. The summed E-state index contributed by atoms with van der Waals surface area (Å²) in [5, 5.41) is 10.7. The highest BCUT2D eigenvalue weighted by molar-refractivity contribution is 7.84. The highest BCUT2D eigenvalue weighted by atomic mass is 32.2. The molecule has 18 heavy (non-hydrogen) atoms. The van der Waals surface area contributed by atoms with E-state index in [-0.39, 0.29) is 16.5 Å². The summed E-state index contributed by atoms with van der Waals surface area (Å²) in [7, 11) is -1.61. The Balaban J connectivity index is 2.36. The summed E-state index contributed by atoms with van der Waals surface area (Å²) in [6, 6.07) is 3.85. The van der Waals surface area contributed by atoms with E-state index in [2.05, 4.69) is 0 Å². The van der Waals surface area contributed by atoms with Crippen molar-refractivity contribution in [2.24, 2.45) is 0 Å². The van der Waals surface area contributed by atoms with Crippen molar-refractivity contribution in [2.45, 2.75) is 24.7 Å². The fourth-order valence-corrected chi connectivity index (χ4v) is 3.11. The molecule has 6 nitrogen and oxygen atoms in total. The lowest BCUT2D eigenvalue weighted by Gasteiger charge is -2.12. The molecule has 1 amide bonds. The van der Waals surface area contributed by atoms with Crippen molar-refractivity contribution in [3.05, 3.63) is 33.9 Å². The van der Waals surface area contributed by atoms with Crippen LogP contribution in [0.25, 0.3) is 0 Å². The molecular formula is C11H12N2O4S. The molecule has 1 aliphatic heterocycles. The van der Waals surface area contributed by atoms with Crippen molar-refractivity contribution in [3.8, 4) is 0 Å². The summed E-state index contributed by atoms with van der Waals surface area (Å²) in [6.45, 7) is 2.38. The molecule has 0 spiro atoms. The van der Waals surface area contributed by atoms with Crippen LogP contribution in [-0.2, 0) is 11.0 Å². The Kier molecular flexibility index (Phi) is 3.42. The Morgan fingerprint density at radius 3 is 2.78 bits per heavy atom. The molecule has 0 N–H and O–H groups in total.